The molecule has 1 aromatic heterocycles. The van der Waals surface area contributed by atoms with Gasteiger partial charge in [-0.1, -0.05) is 25.5 Å². The normalized spacial score (nSPS) is 22.4. The van der Waals surface area contributed by atoms with Crippen LogP contribution in [0.15, 0.2) is 36.7 Å². The molecule has 2 fully saturated rings. The quantitative estimate of drug-likeness (QED) is 0.635. The van der Waals surface area contributed by atoms with Crippen LogP contribution in [0.5, 0.6) is 0 Å². The largest absolute Gasteiger partial charge is 0.331 e. The summed E-state index contributed by atoms with van der Waals surface area (Å²) in [6.07, 6.45) is 11.6. The minimum atomic E-state index is 0. The number of unbranched alkanes of at least 4 members (excludes halogenated alkanes) is 1. The fourth-order valence-electron chi connectivity index (χ4n) is 4.63. The van der Waals surface area contributed by atoms with Crippen LogP contribution in [0.1, 0.15) is 51.9 Å². The molecular formula is C22H32Cl2N4O. The second-order valence-corrected chi connectivity index (χ2v) is 8.11. The third kappa shape index (κ3) is 5.97. The first-order chi connectivity index (χ1) is 13.2. The van der Waals surface area contributed by atoms with Crippen molar-refractivity contribution in [3.05, 3.63) is 36.7 Å². The molecule has 1 amide bonds. The molecule has 2 saturated heterocycles. The lowest BCUT2D eigenvalue weighted by Crippen LogP contribution is -2.39. The van der Waals surface area contributed by atoms with Crippen molar-refractivity contribution < 1.29 is 4.79 Å². The number of fused-ring (bicyclic) bond motifs is 2. The third-order valence-electron chi connectivity index (χ3n) is 5.92. The first kappa shape index (κ1) is 23.7. The molecule has 0 aliphatic carbocycles. The maximum absolute atomic E-state index is 12.6. The molecule has 1 aromatic carbocycles. The molecule has 3 heterocycles. The minimum absolute atomic E-state index is 0. The van der Waals surface area contributed by atoms with Gasteiger partial charge in [0, 0.05) is 48.7 Å². The Balaban J connectivity index is 0.00000150. The number of amides is 1. The summed E-state index contributed by atoms with van der Waals surface area (Å²) in [5.41, 5.74) is 1.91. The van der Waals surface area contributed by atoms with E-state index in [0.717, 1.165) is 49.3 Å². The first-order valence-electron chi connectivity index (χ1n) is 10.4. The van der Waals surface area contributed by atoms with E-state index in [1.807, 2.05) is 30.6 Å². The highest BCUT2D eigenvalue weighted by Gasteiger charge is 2.34. The number of benzene rings is 1. The number of carbonyl (C=O) groups is 1. The van der Waals surface area contributed by atoms with Gasteiger partial charge in [0.25, 0.3) is 0 Å². The number of hydrogen-bond donors (Lipinski definition) is 2. The summed E-state index contributed by atoms with van der Waals surface area (Å²) in [4.78, 5) is 17.1. The zero-order valence-electron chi connectivity index (χ0n) is 17.0. The van der Waals surface area contributed by atoms with Gasteiger partial charge in [0.2, 0.25) is 5.91 Å². The number of hydrogen-bond acceptors (Lipinski definition) is 3. The molecule has 2 atom stereocenters. The Morgan fingerprint density at radius 1 is 1.24 bits per heavy atom. The van der Waals surface area contributed by atoms with Crippen molar-refractivity contribution in [2.24, 2.45) is 5.92 Å². The van der Waals surface area contributed by atoms with E-state index in [4.69, 9.17) is 0 Å². The van der Waals surface area contributed by atoms with Gasteiger partial charge in [-0.25, -0.2) is 4.98 Å². The maximum Gasteiger partial charge on any atom is 0.224 e. The summed E-state index contributed by atoms with van der Waals surface area (Å²) in [7, 11) is 0. The van der Waals surface area contributed by atoms with Crippen molar-refractivity contribution in [2.45, 2.75) is 70.5 Å². The molecule has 2 aliphatic rings. The zero-order chi connectivity index (χ0) is 18.6. The molecule has 2 aliphatic heterocycles. The fraction of sp³-hybridized carbons (Fsp3) is 0.545. The predicted octanol–water partition coefficient (Wildman–Crippen LogP) is 5.05. The van der Waals surface area contributed by atoms with E-state index in [1.54, 1.807) is 0 Å². The van der Waals surface area contributed by atoms with Gasteiger partial charge < -0.3 is 15.2 Å². The third-order valence-corrected chi connectivity index (χ3v) is 5.92. The monoisotopic (exact) mass is 438 g/mol. The maximum atomic E-state index is 12.6. The number of aryl methyl sites for hydroxylation is 1. The lowest BCUT2D eigenvalue weighted by atomic mass is 9.89. The summed E-state index contributed by atoms with van der Waals surface area (Å²) < 4.78 is 2.19. The molecule has 0 radical (unpaired) electrons. The number of nitrogens with zero attached hydrogens (tertiary/aromatic N) is 2. The molecule has 2 bridgehead atoms. The van der Waals surface area contributed by atoms with E-state index in [9.17, 15) is 4.79 Å². The van der Waals surface area contributed by atoms with Crippen molar-refractivity contribution in [2.75, 3.05) is 5.32 Å². The van der Waals surface area contributed by atoms with Crippen LogP contribution < -0.4 is 10.6 Å². The van der Waals surface area contributed by atoms with E-state index in [-0.39, 0.29) is 30.7 Å². The van der Waals surface area contributed by atoms with Gasteiger partial charge in [-0.2, -0.15) is 0 Å². The molecule has 2 N–H and O–H groups in total. The Morgan fingerprint density at radius 3 is 2.72 bits per heavy atom. The van der Waals surface area contributed by atoms with Gasteiger partial charge in [0.15, 0.2) is 0 Å². The standard InChI is InChI=1S/C22H30N4O.2ClH/c1-2-3-10-26-11-9-23-22(26)17-5-4-6-18(15-17)25-21(27)14-16-12-19-7-8-20(13-16)24-19;;/h4-6,9,11,15-16,19-20,24H,2-3,7-8,10,12-14H2,1H3,(H,25,27);2*1H. The van der Waals surface area contributed by atoms with Crippen molar-refractivity contribution in [3.8, 4) is 11.4 Å². The molecule has 4 rings (SSSR count). The Kier molecular flexibility index (Phi) is 9.00. The molecule has 0 saturated carbocycles. The highest BCUT2D eigenvalue weighted by molar-refractivity contribution is 5.91. The molecule has 5 nitrogen and oxygen atoms in total. The van der Waals surface area contributed by atoms with Crippen LogP contribution in [0, 0.1) is 5.92 Å². The summed E-state index contributed by atoms with van der Waals surface area (Å²) in [6, 6.07) is 9.32. The Hall–Kier alpha value is -1.56. The SMILES string of the molecule is CCCCn1ccnc1-c1cccc(NC(=O)CC2CC3CCC(C2)N3)c1.Cl.Cl. The number of aromatic nitrogens is 2. The van der Waals surface area contributed by atoms with Crippen molar-refractivity contribution in [1.82, 2.24) is 14.9 Å². The first-order valence-corrected chi connectivity index (χ1v) is 10.4. The van der Waals surface area contributed by atoms with Crippen LogP contribution in [0.3, 0.4) is 0 Å². The van der Waals surface area contributed by atoms with E-state index < -0.39 is 0 Å². The molecule has 29 heavy (non-hydrogen) atoms. The second kappa shape index (κ2) is 11.0. The van der Waals surface area contributed by atoms with Gasteiger partial charge in [-0.3, -0.25) is 4.79 Å². The number of nitrogens with one attached hydrogen (secondary N) is 2. The molecule has 2 unspecified atom stereocenters. The fourth-order valence-corrected chi connectivity index (χ4v) is 4.63. The zero-order valence-corrected chi connectivity index (χ0v) is 18.6. The highest BCUT2D eigenvalue weighted by Crippen LogP contribution is 2.33. The number of imidazole rings is 1. The van der Waals surface area contributed by atoms with Crippen LogP contribution in [-0.2, 0) is 11.3 Å². The van der Waals surface area contributed by atoms with E-state index in [2.05, 4.69) is 33.2 Å². The van der Waals surface area contributed by atoms with E-state index in [0.29, 0.717) is 24.4 Å². The van der Waals surface area contributed by atoms with Crippen LogP contribution in [0.25, 0.3) is 11.4 Å². The molecule has 7 heteroatoms. The molecular weight excluding hydrogens is 407 g/mol. The highest BCUT2D eigenvalue weighted by atomic mass is 35.5. The smallest absolute Gasteiger partial charge is 0.224 e. The number of rotatable bonds is 7. The Labute approximate surface area is 185 Å². The lowest BCUT2D eigenvalue weighted by molar-refractivity contribution is -0.117. The number of anilines is 1. The molecule has 2 aromatic rings. The number of halogens is 2. The minimum Gasteiger partial charge on any atom is -0.331 e. The van der Waals surface area contributed by atoms with Crippen molar-refractivity contribution in [1.29, 1.82) is 0 Å². The Bertz CT molecular complexity index is 783. The van der Waals surface area contributed by atoms with Crippen LogP contribution in [0.4, 0.5) is 5.69 Å². The summed E-state index contributed by atoms with van der Waals surface area (Å²) in [5.74, 6) is 1.61. The summed E-state index contributed by atoms with van der Waals surface area (Å²) in [6.45, 7) is 3.17. The number of piperidine rings is 1. The van der Waals surface area contributed by atoms with Crippen molar-refractivity contribution >= 4 is 36.4 Å². The van der Waals surface area contributed by atoms with Crippen molar-refractivity contribution in [3.63, 3.8) is 0 Å². The van der Waals surface area contributed by atoms with Gasteiger partial charge in [0.05, 0.1) is 0 Å². The van der Waals surface area contributed by atoms with Gasteiger partial charge >= 0.3 is 0 Å². The molecule has 0 spiro atoms. The van der Waals surface area contributed by atoms with E-state index >= 15 is 0 Å². The average molecular weight is 439 g/mol. The number of carbonyl (C=O) groups excluding carboxylic acids is 1. The van der Waals surface area contributed by atoms with Gasteiger partial charge in [-0.15, -0.1) is 24.8 Å². The topological polar surface area (TPSA) is 59.0 Å². The van der Waals surface area contributed by atoms with Crippen LogP contribution in [0.2, 0.25) is 0 Å². The van der Waals surface area contributed by atoms with Crippen LogP contribution in [-0.4, -0.2) is 27.5 Å². The van der Waals surface area contributed by atoms with Crippen LogP contribution >= 0.6 is 24.8 Å². The Morgan fingerprint density at radius 2 is 2.00 bits per heavy atom. The van der Waals surface area contributed by atoms with Gasteiger partial charge in [0.1, 0.15) is 5.82 Å². The second-order valence-electron chi connectivity index (χ2n) is 8.11. The summed E-state index contributed by atoms with van der Waals surface area (Å²) in [5, 5.41) is 6.75. The summed E-state index contributed by atoms with van der Waals surface area (Å²) >= 11 is 0. The van der Waals surface area contributed by atoms with E-state index in [1.165, 1.54) is 12.8 Å². The lowest BCUT2D eigenvalue weighted by Gasteiger charge is -2.28. The van der Waals surface area contributed by atoms with Gasteiger partial charge in [-0.05, 0) is 50.2 Å². The predicted molar refractivity (Wildman–Crippen MR) is 123 cm³/mol. The molecule has 160 valence electrons. The average Bonchev–Trinajstić information content (AvgIpc) is 3.26.